The van der Waals surface area contributed by atoms with E-state index in [1.165, 1.54) is 18.2 Å². The minimum Gasteiger partial charge on any atom is -0.447 e. The van der Waals surface area contributed by atoms with Crippen molar-refractivity contribution in [3.05, 3.63) is 77.0 Å². The van der Waals surface area contributed by atoms with E-state index in [0.29, 0.717) is 18.2 Å². The molecule has 0 saturated heterocycles. The molecule has 6 rings (SSSR count). The Morgan fingerprint density at radius 2 is 1.82 bits per heavy atom. The number of halogens is 5. The van der Waals surface area contributed by atoms with Gasteiger partial charge in [-0.2, -0.15) is 20.1 Å². The van der Waals surface area contributed by atoms with Gasteiger partial charge < -0.3 is 15.8 Å². The Balaban J connectivity index is 1.30. The van der Waals surface area contributed by atoms with Crippen LogP contribution < -0.4 is 11.1 Å². The number of hydrogen-bond acceptors (Lipinski definition) is 9. The highest BCUT2D eigenvalue weighted by molar-refractivity contribution is 6.32. The van der Waals surface area contributed by atoms with E-state index >= 15 is 0 Å². The molecule has 50 heavy (non-hydrogen) atoms. The first-order chi connectivity index (χ1) is 23.5. The summed E-state index contributed by atoms with van der Waals surface area (Å²) in [5.74, 6) is -4.71. The fourth-order valence-electron chi connectivity index (χ4n) is 5.57. The standard InChI is InChI=1S/C32H33ClF4N10O3/c1-30(2,3)47-40-14-21(44-47)17-5-7-18(8-6-17)24-27(48)45(28(38)42-24)23(15-50-29(49)43-32(11-12-32)31(4,36)37)19-9-10-20(33)22(13-19)46-26(25(34)35)39-16-41-46/h5-10,13-14,16,23-25H,11-12,15H2,1-4H3,(H2,38,42)(H,43,49)/t23-,24-/m1/s1. The van der Waals surface area contributed by atoms with Crippen LogP contribution in [0.2, 0.25) is 5.02 Å². The highest BCUT2D eigenvalue weighted by Gasteiger charge is 2.60. The number of nitrogens with two attached hydrogens (primary N) is 1. The minimum atomic E-state index is -3.20. The maximum absolute atomic E-state index is 14.2. The summed E-state index contributed by atoms with van der Waals surface area (Å²) in [6, 6.07) is 8.87. The number of guanidine groups is 1. The molecule has 18 heteroatoms. The summed E-state index contributed by atoms with van der Waals surface area (Å²) in [6.07, 6.45) is -1.46. The second-order valence-electron chi connectivity index (χ2n) is 13.2. The molecule has 2 atom stereocenters. The summed E-state index contributed by atoms with van der Waals surface area (Å²) in [7, 11) is 0. The molecule has 1 saturated carbocycles. The molecule has 3 N–H and O–H groups in total. The van der Waals surface area contributed by atoms with Crippen LogP contribution in [0, 0.1) is 0 Å². The normalized spacial score (nSPS) is 18.0. The number of benzene rings is 2. The van der Waals surface area contributed by atoms with Crippen LogP contribution in [0.5, 0.6) is 0 Å². The number of carbonyl (C=O) groups is 2. The number of nitrogens with zero attached hydrogens (tertiary/aromatic N) is 8. The van der Waals surface area contributed by atoms with Crippen molar-refractivity contribution in [2.45, 2.75) is 76.0 Å². The number of nitrogens with one attached hydrogen (secondary N) is 1. The van der Waals surface area contributed by atoms with Crippen LogP contribution in [0.4, 0.5) is 22.4 Å². The van der Waals surface area contributed by atoms with Crippen LogP contribution in [-0.2, 0) is 15.1 Å². The van der Waals surface area contributed by atoms with Gasteiger partial charge in [-0.05, 0) is 56.9 Å². The predicted octanol–water partition coefficient (Wildman–Crippen LogP) is 5.73. The summed E-state index contributed by atoms with van der Waals surface area (Å²) in [5.41, 5.74) is 6.35. The highest BCUT2D eigenvalue weighted by atomic mass is 35.5. The van der Waals surface area contributed by atoms with Crippen LogP contribution in [-0.4, -0.2) is 70.7 Å². The summed E-state index contributed by atoms with van der Waals surface area (Å²) in [4.78, 5) is 37.5. The number of amides is 2. The van der Waals surface area contributed by atoms with Crippen molar-refractivity contribution in [1.82, 2.24) is 40.0 Å². The first-order valence-electron chi connectivity index (χ1n) is 15.5. The van der Waals surface area contributed by atoms with E-state index in [0.717, 1.165) is 21.5 Å². The van der Waals surface area contributed by atoms with Gasteiger partial charge in [-0.25, -0.2) is 37.0 Å². The van der Waals surface area contributed by atoms with E-state index in [9.17, 15) is 27.2 Å². The molecule has 2 aromatic heterocycles. The Bertz CT molecular complexity index is 1950. The third kappa shape index (κ3) is 6.60. The Morgan fingerprint density at radius 1 is 1.12 bits per heavy atom. The highest BCUT2D eigenvalue weighted by Crippen LogP contribution is 2.48. The lowest BCUT2D eigenvalue weighted by molar-refractivity contribution is -0.129. The molecule has 0 spiro atoms. The summed E-state index contributed by atoms with van der Waals surface area (Å²) < 4.78 is 62.0. The van der Waals surface area contributed by atoms with E-state index in [1.807, 2.05) is 20.8 Å². The van der Waals surface area contributed by atoms with E-state index in [1.54, 1.807) is 35.3 Å². The Morgan fingerprint density at radius 3 is 2.42 bits per heavy atom. The van der Waals surface area contributed by atoms with E-state index in [-0.39, 0.29) is 40.6 Å². The Kier molecular flexibility index (Phi) is 8.82. The van der Waals surface area contributed by atoms with Gasteiger partial charge in [0.1, 0.15) is 24.2 Å². The lowest BCUT2D eigenvalue weighted by Crippen LogP contribution is -2.49. The quantitative estimate of drug-likeness (QED) is 0.197. The van der Waals surface area contributed by atoms with Gasteiger partial charge in [0.05, 0.1) is 28.5 Å². The van der Waals surface area contributed by atoms with Crippen LogP contribution in [0.15, 0.2) is 60.0 Å². The molecular formula is C32H33ClF4N10O3. The van der Waals surface area contributed by atoms with Gasteiger partial charge in [0, 0.05) is 12.5 Å². The average Bonchev–Trinajstić information content (AvgIpc) is 3.37. The summed E-state index contributed by atoms with van der Waals surface area (Å²) >= 11 is 6.38. The average molecular weight is 717 g/mol. The fraction of sp³-hybridized carbons (Fsp3) is 0.406. The second kappa shape index (κ2) is 12.7. The lowest BCUT2D eigenvalue weighted by atomic mass is 10.0. The number of ether oxygens (including phenoxy) is 1. The fourth-order valence-corrected chi connectivity index (χ4v) is 5.77. The summed E-state index contributed by atoms with van der Waals surface area (Å²) in [6.45, 7) is 6.04. The van der Waals surface area contributed by atoms with Crippen molar-refractivity contribution in [2.75, 3.05) is 6.61 Å². The zero-order chi connectivity index (χ0) is 36.2. The summed E-state index contributed by atoms with van der Waals surface area (Å²) in [5, 5.41) is 15.0. The van der Waals surface area contributed by atoms with E-state index < -0.39 is 54.4 Å². The number of alkyl carbamates (subject to hydrolysis) is 1. The van der Waals surface area contributed by atoms with Gasteiger partial charge in [-0.1, -0.05) is 41.9 Å². The molecule has 2 aromatic carbocycles. The Hall–Kier alpha value is -5.06. The van der Waals surface area contributed by atoms with Gasteiger partial charge in [-0.3, -0.25) is 9.69 Å². The van der Waals surface area contributed by atoms with E-state index in [2.05, 4.69) is 30.6 Å². The zero-order valence-electron chi connectivity index (χ0n) is 27.3. The SMILES string of the molecule is CC(C)(C)n1ncc(-c2ccc([C@H]3N=C(N)N([C@H](COC(=O)NC4(C(C)(F)F)CC4)c4ccc(Cl)c(-n5ncnc5C(F)F)c4)C3=O)cc2)n1. The first kappa shape index (κ1) is 34.8. The topological polar surface area (TPSA) is 158 Å². The van der Waals surface area contributed by atoms with Gasteiger partial charge in [0.15, 0.2) is 17.8 Å². The number of rotatable bonds is 10. The zero-order valence-corrected chi connectivity index (χ0v) is 28.1. The van der Waals surface area contributed by atoms with Crippen molar-refractivity contribution >= 4 is 29.6 Å². The molecule has 1 aliphatic heterocycles. The minimum absolute atomic E-state index is 0.00772. The van der Waals surface area contributed by atoms with Gasteiger partial charge in [0.2, 0.25) is 0 Å². The molecule has 264 valence electrons. The third-order valence-electron chi connectivity index (χ3n) is 8.56. The van der Waals surface area contributed by atoms with Gasteiger partial charge in [0.25, 0.3) is 18.3 Å². The van der Waals surface area contributed by atoms with Gasteiger partial charge >= 0.3 is 6.09 Å². The van der Waals surface area contributed by atoms with Crippen molar-refractivity contribution < 1.29 is 31.9 Å². The van der Waals surface area contributed by atoms with Crippen molar-refractivity contribution in [2.24, 2.45) is 10.7 Å². The molecule has 3 heterocycles. The predicted molar refractivity (Wildman–Crippen MR) is 173 cm³/mol. The molecular weight excluding hydrogens is 684 g/mol. The van der Waals surface area contributed by atoms with Crippen molar-refractivity contribution in [1.29, 1.82) is 0 Å². The third-order valence-corrected chi connectivity index (χ3v) is 8.88. The van der Waals surface area contributed by atoms with Crippen LogP contribution in [0.25, 0.3) is 16.9 Å². The van der Waals surface area contributed by atoms with Crippen LogP contribution >= 0.6 is 11.6 Å². The van der Waals surface area contributed by atoms with Crippen LogP contribution in [0.3, 0.4) is 0 Å². The van der Waals surface area contributed by atoms with Crippen molar-refractivity contribution in [3.63, 3.8) is 0 Å². The number of alkyl halides is 4. The largest absolute Gasteiger partial charge is 0.447 e. The molecule has 13 nitrogen and oxygen atoms in total. The molecule has 4 aromatic rings. The van der Waals surface area contributed by atoms with E-state index in [4.69, 9.17) is 22.1 Å². The van der Waals surface area contributed by atoms with Crippen molar-refractivity contribution in [3.8, 4) is 16.9 Å². The molecule has 0 bridgehead atoms. The monoisotopic (exact) mass is 716 g/mol. The molecule has 1 fully saturated rings. The first-order valence-corrected chi connectivity index (χ1v) is 15.9. The number of aromatic nitrogens is 6. The number of hydrogen-bond donors (Lipinski definition) is 2. The maximum Gasteiger partial charge on any atom is 0.407 e. The molecule has 1 aliphatic carbocycles. The maximum atomic E-state index is 14.2. The molecule has 0 radical (unpaired) electrons. The molecule has 0 unspecified atom stereocenters. The van der Waals surface area contributed by atoms with Crippen LogP contribution in [0.1, 0.15) is 76.0 Å². The Labute approximate surface area is 288 Å². The molecule has 2 amide bonds. The second-order valence-corrected chi connectivity index (χ2v) is 13.6. The lowest BCUT2D eigenvalue weighted by Gasteiger charge is -2.29. The number of carbonyl (C=O) groups excluding carboxylic acids is 2. The number of aliphatic imine (C=N–C) groups is 1. The van der Waals surface area contributed by atoms with Gasteiger partial charge in [-0.15, -0.1) is 0 Å². The molecule has 2 aliphatic rings. The smallest absolute Gasteiger partial charge is 0.407 e.